The fourth-order valence-electron chi connectivity index (χ4n) is 2.11. The van der Waals surface area contributed by atoms with E-state index >= 15 is 0 Å². The molecule has 1 heterocycles. The Morgan fingerprint density at radius 3 is 2.38 bits per heavy atom. The summed E-state index contributed by atoms with van der Waals surface area (Å²) in [6, 6.07) is 12.0. The average Bonchev–Trinajstić information content (AvgIpc) is 2.48. The third-order valence-electron chi connectivity index (χ3n) is 3.20. The lowest BCUT2D eigenvalue weighted by atomic mass is 10.0. The van der Waals surface area contributed by atoms with Crippen LogP contribution in [0.5, 0.6) is 0 Å². The lowest BCUT2D eigenvalue weighted by Gasteiger charge is -2.12. The monoisotopic (exact) mass is 284 g/mol. The fraction of sp³-hybridized carbons (Fsp3) is 0.294. The van der Waals surface area contributed by atoms with Crippen molar-refractivity contribution in [3.63, 3.8) is 0 Å². The van der Waals surface area contributed by atoms with Gasteiger partial charge in [0, 0.05) is 25.3 Å². The molecule has 0 radical (unpaired) electrons. The molecule has 1 amide bonds. The summed E-state index contributed by atoms with van der Waals surface area (Å²) in [7, 11) is 0. The minimum atomic E-state index is -0.121. The van der Waals surface area contributed by atoms with Crippen molar-refractivity contribution >= 4 is 11.7 Å². The van der Waals surface area contributed by atoms with Gasteiger partial charge in [-0.1, -0.05) is 24.3 Å². The molecule has 0 unspecified atom stereocenters. The van der Waals surface area contributed by atoms with Crippen molar-refractivity contribution in [1.82, 2.24) is 4.98 Å². The maximum atomic E-state index is 11.0. The zero-order valence-corrected chi connectivity index (χ0v) is 12.6. The van der Waals surface area contributed by atoms with Gasteiger partial charge >= 0.3 is 0 Å². The van der Waals surface area contributed by atoms with Crippen LogP contribution >= 0.6 is 0 Å². The molecule has 0 aliphatic heterocycles. The van der Waals surface area contributed by atoms with Crippen LogP contribution in [0.1, 0.15) is 32.4 Å². The highest BCUT2D eigenvalue weighted by atomic mass is 16.5. The summed E-state index contributed by atoms with van der Waals surface area (Å²) in [6.07, 6.45) is 1.86. The number of hydrogen-bond acceptors (Lipinski definition) is 3. The van der Waals surface area contributed by atoms with Gasteiger partial charge in [0.2, 0.25) is 5.91 Å². The van der Waals surface area contributed by atoms with E-state index in [1.54, 1.807) is 12.3 Å². The van der Waals surface area contributed by atoms with Crippen LogP contribution in [0.25, 0.3) is 11.1 Å². The second-order valence-electron chi connectivity index (χ2n) is 4.83. The molecular formula is C17H20N2O2. The second kappa shape index (κ2) is 6.99. The molecule has 1 N–H and O–H groups in total. The number of ether oxygens (including phenoxy) is 1. The Morgan fingerprint density at radius 2 is 1.86 bits per heavy atom. The highest BCUT2D eigenvalue weighted by Crippen LogP contribution is 2.23. The lowest BCUT2D eigenvalue weighted by Crippen LogP contribution is -2.06. The van der Waals surface area contributed by atoms with Gasteiger partial charge in [-0.05, 0) is 37.1 Å². The quantitative estimate of drug-likeness (QED) is 0.908. The summed E-state index contributed by atoms with van der Waals surface area (Å²) in [6.45, 7) is 6.21. The van der Waals surface area contributed by atoms with Crippen LogP contribution in [0.4, 0.5) is 5.82 Å². The Bertz CT molecular complexity index is 591. The highest BCUT2D eigenvalue weighted by molar-refractivity contribution is 5.87. The Kier molecular flexibility index (Phi) is 5.06. The van der Waals surface area contributed by atoms with Gasteiger partial charge in [-0.25, -0.2) is 4.98 Å². The predicted molar refractivity (Wildman–Crippen MR) is 84.0 cm³/mol. The van der Waals surface area contributed by atoms with E-state index in [2.05, 4.69) is 34.6 Å². The van der Waals surface area contributed by atoms with E-state index in [0.29, 0.717) is 12.4 Å². The minimum absolute atomic E-state index is 0.101. The van der Waals surface area contributed by atoms with Gasteiger partial charge in [0.15, 0.2) is 0 Å². The second-order valence-corrected chi connectivity index (χ2v) is 4.83. The molecule has 21 heavy (non-hydrogen) atoms. The van der Waals surface area contributed by atoms with Crippen LogP contribution in [0.15, 0.2) is 42.6 Å². The van der Waals surface area contributed by atoms with E-state index in [1.165, 1.54) is 6.92 Å². The number of benzene rings is 1. The lowest BCUT2D eigenvalue weighted by molar-refractivity contribution is -0.114. The number of anilines is 1. The molecule has 0 saturated carbocycles. The molecule has 0 fully saturated rings. The van der Waals surface area contributed by atoms with Gasteiger partial charge in [0.25, 0.3) is 0 Å². The van der Waals surface area contributed by atoms with Crippen molar-refractivity contribution in [1.29, 1.82) is 0 Å². The van der Waals surface area contributed by atoms with Crippen LogP contribution in [0.3, 0.4) is 0 Å². The Hall–Kier alpha value is -2.20. The Labute approximate surface area is 125 Å². The van der Waals surface area contributed by atoms with E-state index in [1.807, 2.05) is 19.9 Å². The number of nitrogens with one attached hydrogen (secondary N) is 1. The van der Waals surface area contributed by atoms with Crippen LogP contribution in [-0.2, 0) is 9.53 Å². The molecule has 0 bridgehead atoms. The van der Waals surface area contributed by atoms with E-state index in [0.717, 1.165) is 16.7 Å². The zero-order chi connectivity index (χ0) is 15.2. The van der Waals surface area contributed by atoms with Crippen molar-refractivity contribution in [3.05, 3.63) is 48.2 Å². The van der Waals surface area contributed by atoms with Crippen molar-refractivity contribution in [3.8, 4) is 11.1 Å². The van der Waals surface area contributed by atoms with E-state index < -0.39 is 0 Å². The molecule has 0 aliphatic carbocycles. The first-order valence-electron chi connectivity index (χ1n) is 7.05. The molecule has 0 spiro atoms. The third-order valence-corrected chi connectivity index (χ3v) is 3.20. The first kappa shape index (κ1) is 15.2. The number of hydrogen-bond donors (Lipinski definition) is 1. The number of carbonyl (C=O) groups is 1. The van der Waals surface area contributed by atoms with Gasteiger partial charge < -0.3 is 10.1 Å². The SMILES string of the molecule is CCO[C@H](C)c1ccc(-c2ccc(NC(C)=O)nc2)cc1. The summed E-state index contributed by atoms with van der Waals surface area (Å²) in [4.78, 5) is 15.2. The molecule has 2 aromatic rings. The number of nitrogens with zero attached hydrogens (tertiary/aromatic N) is 1. The molecule has 1 aromatic carbocycles. The first-order valence-corrected chi connectivity index (χ1v) is 7.05. The molecule has 1 atom stereocenters. The van der Waals surface area contributed by atoms with Crippen LogP contribution in [0, 0.1) is 0 Å². The van der Waals surface area contributed by atoms with Gasteiger partial charge in [0.1, 0.15) is 5.82 Å². The van der Waals surface area contributed by atoms with Gasteiger partial charge in [-0.2, -0.15) is 0 Å². The third kappa shape index (κ3) is 4.13. The molecule has 1 aromatic heterocycles. The first-order chi connectivity index (χ1) is 10.1. The predicted octanol–water partition coefficient (Wildman–Crippen LogP) is 3.80. The smallest absolute Gasteiger partial charge is 0.222 e. The maximum absolute atomic E-state index is 11.0. The van der Waals surface area contributed by atoms with E-state index in [-0.39, 0.29) is 12.0 Å². The summed E-state index contributed by atoms with van der Waals surface area (Å²) in [5.41, 5.74) is 3.26. The number of carbonyl (C=O) groups excluding carboxylic acids is 1. The standard InChI is InChI=1S/C17H20N2O2/c1-4-21-12(2)14-5-7-15(8-6-14)16-9-10-17(18-11-16)19-13(3)20/h5-12H,4H2,1-3H3,(H,18,19,20)/t12-/m1/s1. The fourth-order valence-corrected chi connectivity index (χ4v) is 2.11. The maximum Gasteiger partial charge on any atom is 0.222 e. The van der Waals surface area contributed by atoms with E-state index in [9.17, 15) is 4.79 Å². The van der Waals surface area contributed by atoms with Crippen molar-refractivity contribution in [2.24, 2.45) is 0 Å². The Balaban J connectivity index is 2.13. The van der Waals surface area contributed by atoms with Crippen LogP contribution in [-0.4, -0.2) is 17.5 Å². The molecule has 110 valence electrons. The van der Waals surface area contributed by atoms with Crippen molar-refractivity contribution in [2.45, 2.75) is 26.9 Å². The van der Waals surface area contributed by atoms with Crippen LogP contribution in [0.2, 0.25) is 0 Å². The number of pyridine rings is 1. The summed E-state index contributed by atoms with van der Waals surface area (Å²) >= 11 is 0. The molecule has 4 nitrogen and oxygen atoms in total. The molecule has 0 aliphatic rings. The average molecular weight is 284 g/mol. The zero-order valence-electron chi connectivity index (χ0n) is 12.6. The molecule has 0 saturated heterocycles. The molecular weight excluding hydrogens is 264 g/mol. The molecule has 2 rings (SSSR count). The summed E-state index contributed by atoms with van der Waals surface area (Å²) in [5, 5.41) is 2.65. The largest absolute Gasteiger partial charge is 0.374 e. The van der Waals surface area contributed by atoms with E-state index in [4.69, 9.17) is 4.74 Å². The number of rotatable bonds is 5. The van der Waals surface area contributed by atoms with Crippen molar-refractivity contribution in [2.75, 3.05) is 11.9 Å². The summed E-state index contributed by atoms with van der Waals surface area (Å²) < 4.78 is 5.57. The number of amides is 1. The topological polar surface area (TPSA) is 51.2 Å². The highest BCUT2D eigenvalue weighted by Gasteiger charge is 2.05. The molecule has 4 heteroatoms. The Morgan fingerprint density at radius 1 is 1.19 bits per heavy atom. The summed E-state index contributed by atoms with van der Waals surface area (Å²) in [5.74, 6) is 0.442. The van der Waals surface area contributed by atoms with Gasteiger partial charge in [0.05, 0.1) is 6.10 Å². The van der Waals surface area contributed by atoms with Crippen LogP contribution < -0.4 is 5.32 Å². The number of aromatic nitrogens is 1. The normalized spacial score (nSPS) is 12.0. The van der Waals surface area contributed by atoms with Gasteiger partial charge in [-0.15, -0.1) is 0 Å². The van der Waals surface area contributed by atoms with Crippen molar-refractivity contribution < 1.29 is 9.53 Å². The van der Waals surface area contributed by atoms with Gasteiger partial charge in [-0.3, -0.25) is 4.79 Å². The minimum Gasteiger partial charge on any atom is -0.374 e.